The Morgan fingerprint density at radius 2 is 2.23 bits per heavy atom. The molecule has 3 atom stereocenters. The number of hydrogen-bond donors (Lipinski definition) is 0. The number of halogens is 2. The first-order chi connectivity index (χ1) is 6.00. The van der Waals surface area contributed by atoms with E-state index in [-0.39, 0.29) is 17.7 Å². The number of carbonyl (C=O) groups excluding carboxylic acids is 2. The van der Waals surface area contributed by atoms with Gasteiger partial charge in [-0.15, -0.1) is 23.2 Å². The topological polar surface area (TPSA) is 37.4 Å². The Kier molecular flexibility index (Phi) is 1.86. The number of alkyl halides is 2. The fraction of sp³-hybridized carbons (Fsp3) is 0.750. The van der Waals surface area contributed by atoms with Crippen molar-refractivity contribution < 1.29 is 9.59 Å². The lowest BCUT2D eigenvalue weighted by Crippen LogP contribution is -2.40. The Balaban J connectivity index is 2.18. The highest BCUT2D eigenvalue weighted by Crippen LogP contribution is 2.64. The molecule has 1 aliphatic carbocycles. The van der Waals surface area contributed by atoms with Crippen LogP contribution in [0.25, 0.3) is 0 Å². The predicted molar refractivity (Wildman–Crippen MR) is 48.7 cm³/mol. The summed E-state index contributed by atoms with van der Waals surface area (Å²) in [5.41, 5.74) is 0. The zero-order valence-electron chi connectivity index (χ0n) is 7.04. The zero-order valence-corrected chi connectivity index (χ0v) is 8.55. The number of amides is 1. The van der Waals surface area contributed by atoms with Crippen LogP contribution in [0.1, 0.15) is 6.92 Å². The fourth-order valence-corrected chi connectivity index (χ4v) is 2.99. The standard InChI is InChI=1S/C8H9Cl2NO2/c1-4(13)11-2-5-7(6(11)3-12)8(5,9)10/h3,5-7H,2H2,1H3/t5-,6+,7-/m0/s1. The van der Waals surface area contributed by atoms with Crippen molar-refractivity contribution in [1.29, 1.82) is 0 Å². The Labute approximate surface area is 86.0 Å². The van der Waals surface area contributed by atoms with E-state index in [4.69, 9.17) is 23.2 Å². The lowest BCUT2D eigenvalue weighted by molar-refractivity contribution is -0.133. The molecule has 1 heterocycles. The molecule has 1 saturated heterocycles. The van der Waals surface area contributed by atoms with E-state index >= 15 is 0 Å². The second kappa shape index (κ2) is 2.61. The number of nitrogens with zero attached hydrogens (tertiary/aromatic N) is 1. The molecule has 0 aromatic heterocycles. The van der Waals surface area contributed by atoms with Crippen molar-refractivity contribution in [3.05, 3.63) is 0 Å². The Morgan fingerprint density at radius 3 is 2.69 bits per heavy atom. The lowest BCUT2D eigenvalue weighted by Gasteiger charge is -2.24. The average molecular weight is 222 g/mol. The van der Waals surface area contributed by atoms with Gasteiger partial charge in [0.05, 0.1) is 6.04 Å². The molecule has 2 rings (SSSR count). The Hall–Kier alpha value is -0.280. The van der Waals surface area contributed by atoms with Crippen molar-refractivity contribution in [1.82, 2.24) is 4.90 Å². The molecule has 1 saturated carbocycles. The van der Waals surface area contributed by atoms with E-state index in [1.165, 1.54) is 11.8 Å². The third-order valence-electron chi connectivity index (χ3n) is 2.93. The molecule has 0 unspecified atom stereocenters. The number of hydrogen-bond acceptors (Lipinski definition) is 2. The van der Waals surface area contributed by atoms with Gasteiger partial charge in [0.2, 0.25) is 5.91 Å². The van der Waals surface area contributed by atoms with E-state index < -0.39 is 10.4 Å². The van der Waals surface area contributed by atoms with Crippen LogP contribution in [0.5, 0.6) is 0 Å². The summed E-state index contributed by atoms with van der Waals surface area (Å²) >= 11 is 11.8. The minimum atomic E-state index is -0.780. The number of fused-ring (bicyclic) bond motifs is 1. The third-order valence-corrected chi connectivity index (χ3v) is 3.99. The third kappa shape index (κ3) is 1.10. The van der Waals surface area contributed by atoms with Gasteiger partial charge >= 0.3 is 0 Å². The molecule has 0 spiro atoms. The van der Waals surface area contributed by atoms with Gasteiger partial charge in [-0.2, -0.15) is 0 Å². The quantitative estimate of drug-likeness (QED) is 0.487. The van der Waals surface area contributed by atoms with Crippen molar-refractivity contribution in [3.8, 4) is 0 Å². The van der Waals surface area contributed by atoms with Crippen LogP contribution in [0.2, 0.25) is 0 Å². The molecule has 0 bridgehead atoms. The highest BCUT2D eigenvalue weighted by Gasteiger charge is 2.71. The second-order valence-corrected chi connectivity index (χ2v) is 5.05. The maximum Gasteiger partial charge on any atom is 0.220 e. The van der Waals surface area contributed by atoms with Crippen LogP contribution < -0.4 is 0 Å². The SMILES string of the molecule is CC(=O)N1C[C@H]2[C@@H]([C@H]1C=O)C2(Cl)Cl. The van der Waals surface area contributed by atoms with Gasteiger partial charge in [0, 0.05) is 25.3 Å². The van der Waals surface area contributed by atoms with E-state index in [0.717, 1.165) is 6.29 Å². The Morgan fingerprint density at radius 1 is 1.62 bits per heavy atom. The minimum Gasteiger partial charge on any atom is -0.332 e. The van der Waals surface area contributed by atoms with Gasteiger partial charge in [-0.3, -0.25) is 4.79 Å². The highest BCUT2D eigenvalue weighted by atomic mass is 35.5. The van der Waals surface area contributed by atoms with Crippen LogP contribution in [0.3, 0.4) is 0 Å². The molecule has 0 aromatic carbocycles. The number of aldehydes is 1. The van der Waals surface area contributed by atoms with Gasteiger partial charge in [-0.05, 0) is 0 Å². The molecule has 0 N–H and O–H groups in total. The average Bonchev–Trinajstić information content (AvgIpc) is 2.48. The molecule has 13 heavy (non-hydrogen) atoms. The molecular formula is C8H9Cl2NO2. The fourth-order valence-electron chi connectivity index (χ4n) is 2.14. The number of piperidine rings is 1. The van der Waals surface area contributed by atoms with Gasteiger partial charge in [-0.1, -0.05) is 0 Å². The van der Waals surface area contributed by atoms with Crippen molar-refractivity contribution in [3.63, 3.8) is 0 Å². The minimum absolute atomic E-state index is 0.0581. The molecule has 3 nitrogen and oxygen atoms in total. The van der Waals surface area contributed by atoms with Gasteiger partial charge in [0.25, 0.3) is 0 Å². The molecule has 72 valence electrons. The maximum atomic E-state index is 11.1. The first kappa shape index (κ1) is 9.28. The van der Waals surface area contributed by atoms with Crippen LogP contribution in [0, 0.1) is 11.8 Å². The van der Waals surface area contributed by atoms with Crippen molar-refractivity contribution in [2.45, 2.75) is 17.3 Å². The molecule has 0 aromatic rings. The van der Waals surface area contributed by atoms with E-state index in [0.29, 0.717) is 6.54 Å². The smallest absolute Gasteiger partial charge is 0.220 e. The largest absolute Gasteiger partial charge is 0.332 e. The summed E-state index contributed by atoms with van der Waals surface area (Å²) in [6, 6.07) is -0.419. The van der Waals surface area contributed by atoms with Gasteiger partial charge in [0.1, 0.15) is 10.6 Å². The van der Waals surface area contributed by atoms with Gasteiger partial charge < -0.3 is 9.69 Å². The summed E-state index contributed by atoms with van der Waals surface area (Å²) in [5.74, 6) is -0.0689. The van der Waals surface area contributed by atoms with Crippen LogP contribution in [0.4, 0.5) is 0 Å². The summed E-state index contributed by atoms with van der Waals surface area (Å²) < 4.78 is -0.780. The molecule has 1 amide bonds. The number of carbonyl (C=O) groups is 2. The molecule has 0 radical (unpaired) electrons. The predicted octanol–water partition coefficient (Wildman–Crippen LogP) is 0.836. The monoisotopic (exact) mass is 221 g/mol. The molecule has 1 aliphatic heterocycles. The molecule has 2 fully saturated rings. The van der Waals surface area contributed by atoms with Crippen molar-refractivity contribution in [2.24, 2.45) is 11.8 Å². The first-order valence-electron chi connectivity index (χ1n) is 4.10. The van der Waals surface area contributed by atoms with Crippen molar-refractivity contribution in [2.75, 3.05) is 6.54 Å². The number of likely N-dealkylation sites (tertiary alicyclic amines) is 1. The number of rotatable bonds is 1. The van der Waals surface area contributed by atoms with Gasteiger partial charge in [-0.25, -0.2) is 0 Å². The summed E-state index contributed by atoms with van der Waals surface area (Å²) in [4.78, 5) is 23.3. The van der Waals surface area contributed by atoms with Crippen LogP contribution >= 0.6 is 23.2 Å². The Bertz CT molecular complexity index is 279. The summed E-state index contributed by atoms with van der Waals surface area (Å²) in [7, 11) is 0. The van der Waals surface area contributed by atoms with Crippen molar-refractivity contribution >= 4 is 35.4 Å². The van der Waals surface area contributed by atoms with E-state index in [1.807, 2.05) is 0 Å². The van der Waals surface area contributed by atoms with E-state index in [1.54, 1.807) is 0 Å². The molecular weight excluding hydrogens is 213 g/mol. The van der Waals surface area contributed by atoms with Crippen LogP contribution in [-0.4, -0.2) is 34.0 Å². The second-order valence-electron chi connectivity index (χ2n) is 3.60. The summed E-state index contributed by atoms with van der Waals surface area (Å²) in [6.45, 7) is 1.96. The first-order valence-corrected chi connectivity index (χ1v) is 4.86. The normalized spacial score (nSPS) is 39.9. The molecule has 5 heteroatoms. The van der Waals surface area contributed by atoms with E-state index in [9.17, 15) is 9.59 Å². The lowest BCUT2D eigenvalue weighted by atomic mass is 10.2. The molecule has 2 aliphatic rings. The maximum absolute atomic E-state index is 11.1. The highest BCUT2D eigenvalue weighted by molar-refractivity contribution is 6.51. The van der Waals surface area contributed by atoms with Crippen LogP contribution in [0.15, 0.2) is 0 Å². The van der Waals surface area contributed by atoms with Gasteiger partial charge in [0.15, 0.2) is 0 Å². The van der Waals surface area contributed by atoms with Crippen LogP contribution in [-0.2, 0) is 9.59 Å². The zero-order chi connectivity index (χ0) is 9.80. The summed E-state index contributed by atoms with van der Waals surface area (Å²) in [6.07, 6.45) is 0.762. The summed E-state index contributed by atoms with van der Waals surface area (Å²) in [5, 5.41) is 0. The van der Waals surface area contributed by atoms with E-state index in [2.05, 4.69) is 0 Å².